The van der Waals surface area contributed by atoms with E-state index >= 15 is 0 Å². The Morgan fingerprint density at radius 2 is 1.65 bits per heavy atom. The van der Waals surface area contributed by atoms with Crippen LogP contribution in [0.5, 0.6) is 11.5 Å². The topological polar surface area (TPSA) is 65.1 Å². The normalized spacial score (nSPS) is 11.4. The molecule has 0 aliphatic carbocycles. The average Bonchev–Trinajstić information content (AvgIpc) is 2.84. The molecule has 6 nitrogen and oxygen atoms in total. The van der Waals surface area contributed by atoms with Crippen molar-refractivity contribution in [1.29, 1.82) is 0 Å². The molecule has 0 aliphatic heterocycles. The number of carbonyl (C=O) groups is 2. The predicted molar refractivity (Wildman–Crippen MR) is 134 cm³/mol. The van der Waals surface area contributed by atoms with Crippen molar-refractivity contribution in [1.82, 2.24) is 4.90 Å². The first-order valence-electron chi connectivity index (χ1n) is 11.2. The maximum Gasteiger partial charge on any atom is 0.410 e. The van der Waals surface area contributed by atoms with Gasteiger partial charge in [0.2, 0.25) is 0 Å². The molecule has 3 aromatic rings. The van der Waals surface area contributed by atoms with Gasteiger partial charge in [0.05, 0.1) is 27.2 Å². The Kier molecular flexibility index (Phi) is 8.74. The van der Waals surface area contributed by atoms with Crippen LogP contribution >= 0.6 is 0 Å². The van der Waals surface area contributed by atoms with E-state index in [0.29, 0.717) is 24.5 Å². The lowest BCUT2D eigenvalue weighted by molar-refractivity contribution is -0.139. The van der Waals surface area contributed by atoms with E-state index in [2.05, 4.69) is 12.1 Å². The van der Waals surface area contributed by atoms with Crippen molar-refractivity contribution in [2.24, 2.45) is 0 Å². The third kappa shape index (κ3) is 6.88. The fraction of sp³-hybridized carbons (Fsp3) is 0.259. The molecule has 176 valence electrons. The maximum atomic E-state index is 12.7. The zero-order chi connectivity index (χ0) is 24.5. The second-order valence-electron chi connectivity index (χ2n) is 8.25. The van der Waals surface area contributed by atoms with Gasteiger partial charge < -0.3 is 19.1 Å². The van der Waals surface area contributed by atoms with Crippen LogP contribution in [0.25, 0.3) is 0 Å². The summed E-state index contributed by atoms with van der Waals surface area (Å²) >= 11 is 0. The Balaban J connectivity index is 1.84. The van der Waals surface area contributed by atoms with Crippen LogP contribution in [0.3, 0.4) is 0 Å². The Labute approximate surface area is 201 Å². The van der Waals surface area contributed by atoms with Crippen LogP contribution < -0.4 is 10.2 Å². The van der Waals surface area contributed by atoms with Gasteiger partial charge in [-0.1, -0.05) is 60.1 Å². The summed E-state index contributed by atoms with van der Waals surface area (Å²) < 4.78 is 16.1. The molecule has 0 bridgehead atoms. The Morgan fingerprint density at radius 1 is 0.912 bits per heavy atom. The molecule has 0 N–H and O–H groups in total. The van der Waals surface area contributed by atoms with Gasteiger partial charge >= 0.3 is 12.1 Å². The first-order chi connectivity index (χ1) is 16.4. The van der Waals surface area contributed by atoms with E-state index in [9.17, 15) is 9.59 Å². The molecule has 0 radical (unpaired) electrons. The number of methoxy groups -OCH3 is 2. The van der Waals surface area contributed by atoms with Crippen LogP contribution in [0, 0.1) is 0 Å². The monoisotopic (exact) mass is 459 g/mol. The van der Waals surface area contributed by atoms with Crippen LogP contribution in [0.15, 0.2) is 72.8 Å². The van der Waals surface area contributed by atoms with E-state index in [-0.39, 0.29) is 18.4 Å². The third-order valence-corrected chi connectivity index (χ3v) is 5.57. The van der Waals surface area contributed by atoms with Crippen molar-refractivity contribution in [2.75, 3.05) is 14.2 Å². The number of carbonyl (C=O) groups excluding carboxylic acids is 2. The molecule has 0 aliphatic rings. The zero-order valence-electron chi connectivity index (χ0n) is 20.1. The number of esters is 1. The summed E-state index contributed by atoms with van der Waals surface area (Å²) in [7, 11) is 4.76. The molecule has 0 unspecified atom stereocenters. The third-order valence-electron chi connectivity index (χ3n) is 5.57. The molecule has 1 amide bonds. The molecule has 0 spiro atoms. The molecule has 0 saturated carbocycles. The summed E-state index contributed by atoms with van der Waals surface area (Å²) in [6, 6.07) is 23.2. The summed E-state index contributed by atoms with van der Waals surface area (Å²) in [5, 5.41) is 0. The molecule has 3 rings (SSSR count). The molecule has 34 heavy (non-hydrogen) atoms. The number of nitrogens with zero attached hydrogens (tertiary/aromatic N) is 1. The van der Waals surface area contributed by atoms with E-state index in [1.165, 1.54) is 14.2 Å². The molecule has 1 atom stereocenters. The van der Waals surface area contributed by atoms with Crippen LogP contribution in [-0.4, -0.2) is 45.1 Å². The second kappa shape index (κ2) is 11.9. The van der Waals surface area contributed by atoms with Crippen molar-refractivity contribution < 1.29 is 23.8 Å². The molecular formula is C27H30BNO5. The highest BCUT2D eigenvalue weighted by Crippen LogP contribution is 2.27. The predicted octanol–water partition coefficient (Wildman–Crippen LogP) is 3.65. The van der Waals surface area contributed by atoms with E-state index in [0.717, 1.165) is 22.2 Å². The number of rotatable bonds is 9. The van der Waals surface area contributed by atoms with Gasteiger partial charge in [-0.3, -0.25) is 4.79 Å². The minimum absolute atomic E-state index is 0.0911. The second-order valence-corrected chi connectivity index (χ2v) is 8.25. The lowest BCUT2D eigenvalue weighted by Crippen LogP contribution is -2.39. The molecule has 0 heterocycles. The summed E-state index contributed by atoms with van der Waals surface area (Å²) in [6.45, 7) is 2.34. The Bertz CT molecular complexity index is 1120. The fourth-order valence-electron chi connectivity index (χ4n) is 3.78. The SMILES string of the molecule is Bc1ccc(Oc2cccc(CC(=O)OC)c2)c(CN(C(=O)OC)[C@@H](C)Cc2ccccc2)c1. The zero-order valence-corrected chi connectivity index (χ0v) is 20.1. The Hall–Kier alpha value is -3.74. The number of amides is 1. The number of hydrogen-bond acceptors (Lipinski definition) is 5. The highest BCUT2D eigenvalue weighted by Gasteiger charge is 2.23. The van der Waals surface area contributed by atoms with Crippen LogP contribution in [0.4, 0.5) is 4.79 Å². The van der Waals surface area contributed by atoms with E-state index in [1.54, 1.807) is 4.90 Å². The molecule has 0 saturated heterocycles. The lowest BCUT2D eigenvalue weighted by atomic mass is 9.93. The van der Waals surface area contributed by atoms with Gasteiger partial charge in [-0.25, -0.2) is 4.79 Å². The van der Waals surface area contributed by atoms with Crippen molar-refractivity contribution in [3.63, 3.8) is 0 Å². The van der Waals surface area contributed by atoms with Crippen LogP contribution in [-0.2, 0) is 33.7 Å². The van der Waals surface area contributed by atoms with Gasteiger partial charge in [-0.2, -0.15) is 0 Å². The first-order valence-corrected chi connectivity index (χ1v) is 11.2. The van der Waals surface area contributed by atoms with E-state index in [4.69, 9.17) is 14.2 Å². The first kappa shape index (κ1) is 24.9. The maximum absolute atomic E-state index is 12.7. The number of hydrogen-bond donors (Lipinski definition) is 0. The molecule has 3 aromatic carbocycles. The number of ether oxygens (including phenoxy) is 3. The van der Waals surface area contributed by atoms with Crippen LogP contribution in [0.2, 0.25) is 0 Å². The van der Waals surface area contributed by atoms with Gasteiger partial charge in [-0.05, 0) is 42.7 Å². The standard InChI is InChI=1S/C27H30BNO5/c1-19(14-20-8-5-4-6-9-20)29(27(31)33-3)18-22-17-23(28)12-13-25(22)34-24-11-7-10-21(15-24)16-26(30)32-2/h4-13,15,17,19H,14,16,18,28H2,1-3H3/t19-/m0/s1. The van der Waals surface area contributed by atoms with E-state index in [1.807, 2.05) is 75.4 Å². The van der Waals surface area contributed by atoms with Crippen molar-refractivity contribution in [3.8, 4) is 11.5 Å². The molecule has 0 fully saturated rings. The smallest absolute Gasteiger partial charge is 0.410 e. The fourth-order valence-corrected chi connectivity index (χ4v) is 3.78. The highest BCUT2D eigenvalue weighted by atomic mass is 16.5. The lowest BCUT2D eigenvalue weighted by Gasteiger charge is -2.29. The molecule has 0 aromatic heterocycles. The summed E-state index contributed by atoms with van der Waals surface area (Å²) in [4.78, 5) is 26.0. The largest absolute Gasteiger partial charge is 0.469 e. The minimum atomic E-state index is -0.393. The van der Waals surface area contributed by atoms with Gasteiger partial charge in [0.25, 0.3) is 0 Å². The quantitative estimate of drug-likeness (QED) is 0.361. The van der Waals surface area contributed by atoms with Crippen LogP contribution in [0.1, 0.15) is 23.6 Å². The molecular weight excluding hydrogens is 429 g/mol. The van der Waals surface area contributed by atoms with Crippen molar-refractivity contribution in [3.05, 3.63) is 89.5 Å². The van der Waals surface area contributed by atoms with Crippen molar-refractivity contribution >= 4 is 25.4 Å². The van der Waals surface area contributed by atoms with Gasteiger partial charge in [0.1, 0.15) is 19.3 Å². The van der Waals surface area contributed by atoms with E-state index < -0.39 is 6.09 Å². The van der Waals surface area contributed by atoms with Crippen molar-refractivity contribution in [2.45, 2.75) is 32.4 Å². The minimum Gasteiger partial charge on any atom is -0.469 e. The van der Waals surface area contributed by atoms with Gasteiger partial charge in [0, 0.05) is 11.6 Å². The summed E-state index contributed by atoms with van der Waals surface area (Å²) in [5.41, 5.74) is 3.86. The number of benzene rings is 3. The Morgan fingerprint density at radius 3 is 2.35 bits per heavy atom. The summed E-state index contributed by atoms with van der Waals surface area (Å²) in [6.07, 6.45) is 0.478. The van der Waals surface area contributed by atoms with Gasteiger partial charge in [0.15, 0.2) is 0 Å². The van der Waals surface area contributed by atoms with Gasteiger partial charge in [-0.15, -0.1) is 0 Å². The average molecular weight is 459 g/mol. The highest BCUT2D eigenvalue weighted by molar-refractivity contribution is 6.32. The summed E-state index contributed by atoms with van der Waals surface area (Å²) in [5.74, 6) is 0.935. The molecule has 7 heteroatoms.